The fourth-order valence-electron chi connectivity index (χ4n) is 1.75. The highest BCUT2D eigenvalue weighted by Crippen LogP contribution is 2.28. The Balaban J connectivity index is 2.23. The molecule has 0 bridgehead atoms. The van der Waals surface area contributed by atoms with Crippen LogP contribution in [0, 0.1) is 0 Å². The van der Waals surface area contributed by atoms with Crippen molar-refractivity contribution in [2.45, 2.75) is 32.1 Å². The summed E-state index contributed by atoms with van der Waals surface area (Å²) in [5.41, 5.74) is 2.17. The first-order valence-corrected chi connectivity index (χ1v) is 6.82. The van der Waals surface area contributed by atoms with Gasteiger partial charge in [0.15, 0.2) is 0 Å². The van der Waals surface area contributed by atoms with Gasteiger partial charge in [-0.15, -0.1) is 11.6 Å². The molecule has 1 aromatic carbocycles. The second kappa shape index (κ2) is 5.62. The lowest BCUT2D eigenvalue weighted by molar-refractivity contribution is 0.477. The molecular weight excluding hydrogens is 258 g/mol. The van der Waals surface area contributed by atoms with Crippen LogP contribution in [-0.4, -0.2) is 4.98 Å². The Kier molecular flexibility index (Phi) is 4.11. The van der Waals surface area contributed by atoms with Crippen LogP contribution in [-0.2, 0) is 11.3 Å². The Morgan fingerprint density at radius 2 is 1.84 bits per heavy atom. The quantitative estimate of drug-likeness (QED) is 0.743. The maximum absolute atomic E-state index is 5.86. The molecule has 2 aromatic rings. The van der Waals surface area contributed by atoms with Crippen LogP contribution in [0.25, 0.3) is 0 Å². The van der Waals surface area contributed by atoms with E-state index in [1.165, 1.54) is 5.56 Å². The maximum atomic E-state index is 5.86. The third-order valence-corrected chi connectivity index (χ3v) is 3.13. The summed E-state index contributed by atoms with van der Waals surface area (Å²) >= 11 is 5.77. The van der Waals surface area contributed by atoms with E-state index < -0.39 is 0 Å². The first-order chi connectivity index (χ1) is 8.99. The van der Waals surface area contributed by atoms with Gasteiger partial charge in [0, 0.05) is 12.3 Å². The molecule has 2 nitrogen and oxygen atoms in total. The number of hydrogen-bond donors (Lipinski definition) is 0. The van der Waals surface area contributed by atoms with Gasteiger partial charge in [0.1, 0.15) is 11.5 Å². The smallest absolute Gasteiger partial charge is 0.130 e. The lowest BCUT2D eigenvalue weighted by Gasteiger charge is -2.19. The Labute approximate surface area is 119 Å². The first-order valence-electron chi connectivity index (χ1n) is 6.28. The molecule has 1 heterocycles. The van der Waals surface area contributed by atoms with Crippen molar-refractivity contribution in [2.75, 3.05) is 0 Å². The zero-order valence-electron chi connectivity index (χ0n) is 11.5. The van der Waals surface area contributed by atoms with Crippen LogP contribution in [0.3, 0.4) is 0 Å². The lowest BCUT2D eigenvalue weighted by atomic mass is 9.87. The van der Waals surface area contributed by atoms with Crippen LogP contribution < -0.4 is 4.74 Å². The number of hydrogen-bond acceptors (Lipinski definition) is 2. The van der Waals surface area contributed by atoms with Gasteiger partial charge < -0.3 is 4.74 Å². The van der Waals surface area contributed by atoms with Gasteiger partial charge in [0.05, 0.1) is 11.6 Å². The van der Waals surface area contributed by atoms with Crippen LogP contribution in [0.2, 0.25) is 0 Å². The number of pyridine rings is 1. The van der Waals surface area contributed by atoms with E-state index in [0.717, 1.165) is 17.2 Å². The van der Waals surface area contributed by atoms with E-state index in [2.05, 4.69) is 37.9 Å². The largest absolute Gasteiger partial charge is 0.457 e. The summed E-state index contributed by atoms with van der Waals surface area (Å²) in [5, 5.41) is 0. The highest BCUT2D eigenvalue weighted by molar-refractivity contribution is 6.16. The van der Waals surface area contributed by atoms with Crippen molar-refractivity contribution in [3.05, 3.63) is 53.9 Å². The molecule has 0 aliphatic heterocycles. The second-order valence-corrected chi connectivity index (χ2v) is 5.76. The molecule has 0 aliphatic rings. The molecule has 19 heavy (non-hydrogen) atoms. The zero-order chi connectivity index (χ0) is 13.9. The second-order valence-electron chi connectivity index (χ2n) is 5.50. The van der Waals surface area contributed by atoms with Gasteiger partial charge in [0.2, 0.25) is 0 Å². The maximum Gasteiger partial charge on any atom is 0.130 e. The lowest BCUT2D eigenvalue weighted by Crippen LogP contribution is -2.10. The zero-order valence-corrected chi connectivity index (χ0v) is 12.2. The Morgan fingerprint density at radius 1 is 1.11 bits per heavy atom. The summed E-state index contributed by atoms with van der Waals surface area (Å²) in [6.07, 6.45) is 1.71. The van der Waals surface area contributed by atoms with Crippen LogP contribution in [0.1, 0.15) is 32.0 Å². The van der Waals surface area contributed by atoms with Crippen molar-refractivity contribution in [2.24, 2.45) is 0 Å². The fraction of sp³-hybridized carbons (Fsp3) is 0.312. The number of rotatable bonds is 3. The van der Waals surface area contributed by atoms with Crippen LogP contribution in [0.5, 0.6) is 11.5 Å². The van der Waals surface area contributed by atoms with Gasteiger partial charge in [-0.25, -0.2) is 0 Å². The summed E-state index contributed by atoms with van der Waals surface area (Å²) < 4.78 is 5.86. The molecular formula is C16H18ClNO. The van der Waals surface area contributed by atoms with Gasteiger partial charge in [0.25, 0.3) is 0 Å². The van der Waals surface area contributed by atoms with E-state index in [1.807, 2.05) is 24.3 Å². The molecule has 0 fully saturated rings. The standard InChI is InChI=1S/C16H18ClNO/c1-16(2,3)12-5-4-6-14(9-12)19-15-7-8-18-13(10-15)11-17/h4-10H,11H2,1-3H3. The first kappa shape index (κ1) is 13.9. The average Bonchev–Trinajstić information content (AvgIpc) is 2.38. The molecule has 100 valence electrons. The minimum Gasteiger partial charge on any atom is -0.457 e. The van der Waals surface area contributed by atoms with E-state index in [-0.39, 0.29) is 5.41 Å². The molecule has 0 N–H and O–H groups in total. The summed E-state index contributed by atoms with van der Waals surface area (Å²) in [7, 11) is 0. The molecule has 0 atom stereocenters. The molecule has 0 radical (unpaired) electrons. The molecule has 0 saturated heterocycles. The van der Waals surface area contributed by atoms with E-state index in [0.29, 0.717) is 5.88 Å². The highest BCUT2D eigenvalue weighted by atomic mass is 35.5. The van der Waals surface area contributed by atoms with Crippen molar-refractivity contribution in [3.63, 3.8) is 0 Å². The summed E-state index contributed by atoms with van der Waals surface area (Å²) in [4.78, 5) is 4.14. The number of halogens is 1. The van der Waals surface area contributed by atoms with Gasteiger partial charge in [-0.1, -0.05) is 32.9 Å². The minimum atomic E-state index is 0.110. The van der Waals surface area contributed by atoms with Gasteiger partial charge in [-0.3, -0.25) is 4.98 Å². The molecule has 0 spiro atoms. The molecule has 0 saturated carbocycles. The number of alkyl halides is 1. The van der Waals surface area contributed by atoms with E-state index in [4.69, 9.17) is 16.3 Å². The van der Waals surface area contributed by atoms with Crippen molar-refractivity contribution < 1.29 is 4.74 Å². The molecule has 2 rings (SSSR count). The number of nitrogens with zero attached hydrogens (tertiary/aromatic N) is 1. The third kappa shape index (κ3) is 3.71. The average molecular weight is 276 g/mol. The molecule has 3 heteroatoms. The highest BCUT2D eigenvalue weighted by Gasteiger charge is 2.14. The van der Waals surface area contributed by atoms with E-state index in [9.17, 15) is 0 Å². The molecule has 0 aliphatic carbocycles. The third-order valence-electron chi connectivity index (χ3n) is 2.86. The van der Waals surface area contributed by atoms with E-state index in [1.54, 1.807) is 6.20 Å². The molecule has 1 aromatic heterocycles. The SMILES string of the molecule is CC(C)(C)c1cccc(Oc2ccnc(CCl)c2)c1. The van der Waals surface area contributed by atoms with Crippen LogP contribution in [0.15, 0.2) is 42.6 Å². The molecule has 0 amide bonds. The van der Waals surface area contributed by atoms with Crippen molar-refractivity contribution >= 4 is 11.6 Å². The Hall–Kier alpha value is -1.54. The predicted molar refractivity (Wildman–Crippen MR) is 79.0 cm³/mol. The number of aromatic nitrogens is 1. The van der Waals surface area contributed by atoms with Crippen molar-refractivity contribution in [1.29, 1.82) is 0 Å². The van der Waals surface area contributed by atoms with Gasteiger partial charge in [-0.05, 0) is 29.2 Å². The van der Waals surface area contributed by atoms with Crippen molar-refractivity contribution in [3.8, 4) is 11.5 Å². The summed E-state index contributed by atoms with van der Waals surface area (Å²) in [6.45, 7) is 6.55. The number of benzene rings is 1. The van der Waals surface area contributed by atoms with Crippen molar-refractivity contribution in [1.82, 2.24) is 4.98 Å². The monoisotopic (exact) mass is 275 g/mol. The fourth-order valence-corrected chi connectivity index (χ4v) is 1.90. The Morgan fingerprint density at radius 3 is 2.53 bits per heavy atom. The molecule has 0 unspecified atom stereocenters. The van der Waals surface area contributed by atoms with Gasteiger partial charge >= 0.3 is 0 Å². The van der Waals surface area contributed by atoms with Crippen LogP contribution in [0.4, 0.5) is 0 Å². The predicted octanol–water partition coefficient (Wildman–Crippen LogP) is 4.91. The Bertz CT molecular complexity index is 561. The van der Waals surface area contributed by atoms with Gasteiger partial charge in [-0.2, -0.15) is 0 Å². The number of ether oxygens (including phenoxy) is 1. The minimum absolute atomic E-state index is 0.110. The van der Waals surface area contributed by atoms with E-state index >= 15 is 0 Å². The topological polar surface area (TPSA) is 22.1 Å². The summed E-state index contributed by atoms with van der Waals surface area (Å²) in [6, 6.07) is 11.8. The normalized spacial score (nSPS) is 11.4. The van der Waals surface area contributed by atoms with Crippen LogP contribution >= 0.6 is 11.6 Å². The summed E-state index contributed by atoms with van der Waals surface area (Å²) in [5.74, 6) is 1.98.